The second-order valence-electron chi connectivity index (χ2n) is 5.32. The Bertz CT molecular complexity index is 1040. The molecule has 0 aromatic carbocycles. The first-order chi connectivity index (χ1) is 10.6. The van der Waals surface area contributed by atoms with E-state index in [4.69, 9.17) is 0 Å². The molecule has 0 amide bonds. The highest BCUT2D eigenvalue weighted by Crippen LogP contribution is 2.22. The normalized spacial score (nSPS) is 16.8. The first kappa shape index (κ1) is 13.2. The number of nitrogens with one attached hydrogen (secondary N) is 1. The smallest absolute Gasteiger partial charge is 0.307 e. The van der Waals surface area contributed by atoms with Gasteiger partial charge in [0.1, 0.15) is 0 Å². The van der Waals surface area contributed by atoms with Crippen molar-refractivity contribution in [2.24, 2.45) is 4.99 Å². The molecule has 0 atom stereocenters. The van der Waals surface area contributed by atoms with Crippen LogP contribution in [0.2, 0.25) is 0 Å². The summed E-state index contributed by atoms with van der Waals surface area (Å²) in [5, 5.41) is 14.8. The molecule has 0 unspecified atom stereocenters. The maximum absolute atomic E-state index is 11.3. The fourth-order valence-electron chi connectivity index (χ4n) is 2.24. The van der Waals surface area contributed by atoms with E-state index in [1.807, 2.05) is 13.0 Å². The van der Waals surface area contributed by atoms with Crippen molar-refractivity contribution in [3.8, 4) is 5.88 Å². The topological polar surface area (TPSA) is 95.6 Å². The summed E-state index contributed by atoms with van der Waals surface area (Å²) < 4.78 is 1.70. The first-order valence-corrected chi connectivity index (χ1v) is 7.75. The average molecular weight is 315 g/mol. The molecular formula is C14H13N5O2S. The first-order valence-electron chi connectivity index (χ1n) is 6.93. The lowest BCUT2D eigenvalue weighted by Gasteiger charge is -1.97. The van der Waals surface area contributed by atoms with Crippen molar-refractivity contribution in [2.75, 3.05) is 0 Å². The second-order valence-corrected chi connectivity index (χ2v) is 6.34. The van der Waals surface area contributed by atoms with Crippen LogP contribution in [0.4, 0.5) is 0 Å². The van der Waals surface area contributed by atoms with Gasteiger partial charge in [0.25, 0.3) is 0 Å². The van der Waals surface area contributed by atoms with Gasteiger partial charge >= 0.3 is 4.87 Å². The van der Waals surface area contributed by atoms with Gasteiger partial charge in [-0.2, -0.15) is 9.61 Å². The lowest BCUT2D eigenvalue weighted by molar-refractivity contribution is 0.455. The van der Waals surface area contributed by atoms with E-state index in [9.17, 15) is 9.90 Å². The van der Waals surface area contributed by atoms with Gasteiger partial charge in [-0.05, 0) is 25.8 Å². The Kier molecular flexibility index (Phi) is 2.86. The quantitative estimate of drug-likeness (QED) is 0.701. The number of aryl methyl sites for hydroxylation is 1. The van der Waals surface area contributed by atoms with Crippen LogP contribution in [0, 0.1) is 6.92 Å². The van der Waals surface area contributed by atoms with Crippen molar-refractivity contribution in [2.45, 2.75) is 25.8 Å². The summed E-state index contributed by atoms with van der Waals surface area (Å²) in [5.74, 6) is -0.134. The summed E-state index contributed by atoms with van der Waals surface area (Å²) in [6, 6.07) is 2.30. The molecule has 3 heterocycles. The molecule has 8 heteroatoms. The summed E-state index contributed by atoms with van der Waals surface area (Å²) in [7, 11) is 0. The number of rotatable bonds is 2. The molecule has 1 aliphatic carbocycles. The van der Waals surface area contributed by atoms with Crippen molar-refractivity contribution in [1.29, 1.82) is 0 Å². The van der Waals surface area contributed by atoms with Crippen LogP contribution in [0.3, 0.4) is 0 Å². The average Bonchev–Trinajstić information content (AvgIpc) is 3.09. The van der Waals surface area contributed by atoms with Gasteiger partial charge in [-0.1, -0.05) is 11.3 Å². The highest BCUT2D eigenvalue weighted by atomic mass is 32.1. The number of thiazole rings is 1. The maximum atomic E-state index is 11.3. The van der Waals surface area contributed by atoms with Crippen LogP contribution in [-0.2, 0) is 0 Å². The van der Waals surface area contributed by atoms with E-state index in [0.29, 0.717) is 16.6 Å². The minimum absolute atomic E-state index is 0.134. The Labute approximate surface area is 128 Å². The monoisotopic (exact) mass is 315 g/mol. The molecule has 3 aromatic rings. The molecule has 1 aliphatic rings. The maximum Gasteiger partial charge on any atom is 0.307 e. The number of aromatic hydroxyl groups is 1. The Morgan fingerprint density at radius 3 is 3.05 bits per heavy atom. The molecule has 0 aliphatic heterocycles. The molecular weight excluding hydrogens is 302 g/mol. The highest BCUT2D eigenvalue weighted by Gasteiger charge is 2.20. The van der Waals surface area contributed by atoms with Crippen LogP contribution in [-0.4, -0.2) is 30.7 Å². The van der Waals surface area contributed by atoms with Crippen LogP contribution in [0.15, 0.2) is 22.1 Å². The van der Waals surface area contributed by atoms with Gasteiger partial charge in [0.15, 0.2) is 11.1 Å². The van der Waals surface area contributed by atoms with E-state index < -0.39 is 0 Å². The third-order valence-corrected chi connectivity index (χ3v) is 4.23. The summed E-state index contributed by atoms with van der Waals surface area (Å²) in [6.07, 6.45) is 5.60. The molecule has 0 saturated heterocycles. The third-order valence-electron chi connectivity index (χ3n) is 3.41. The molecule has 112 valence electrons. The van der Waals surface area contributed by atoms with Crippen molar-refractivity contribution in [1.82, 2.24) is 19.6 Å². The number of nitrogens with zero attached hydrogens (tertiary/aromatic N) is 4. The molecule has 4 rings (SSSR count). The van der Waals surface area contributed by atoms with Crippen molar-refractivity contribution in [3.05, 3.63) is 43.2 Å². The standard InChI is InChI=1S/C14H13N5O2S/c1-7-4-11(17-9-2-3-9)19-12(16-7)8(6-15-19)5-10-13(20)18-14(21)22-10/h4-6,9,20H,2-3H2,1H3,(H,18,21). The predicted molar refractivity (Wildman–Crippen MR) is 81.7 cm³/mol. The summed E-state index contributed by atoms with van der Waals surface area (Å²) in [4.78, 5) is 22.9. The fraction of sp³-hybridized carbons (Fsp3) is 0.286. The molecule has 1 saturated carbocycles. The Morgan fingerprint density at radius 1 is 1.55 bits per heavy atom. The number of hydrogen-bond donors (Lipinski definition) is 2. The molecule has 3 aromatic heterocycles. The molecule has 0 spiro atoms. The highest BCUT2D eigenvalue weighted by molar-refractivity contribution is 7.10. The summed E-state index contributed by atoms with van der Waals surface area (Å²) in [5.41, 5.74) is 2.31. The van der Waals surface area contributed by atoms with Crippen LogP contribution < -0.4 is 15.6 Å². The van der Waals surface area contributed by atoms with Gasteiger partial charge < -0.3 is 5.11 Å². The Morgan fingerprint density at radius 2 is 2.36 bits per heavy atom. The third kappa shape index (κ3) is 2.31. The minimum atomic E-state index is -0.297. The van der Waals surface area contributed by atoms with Crippen molar-refractivity contribution in [3.63, 3.8) is 0 Å². The lowest BCUT2D eigenvalue weighted by Crippen LogP contribution is -2.19. The molecule has 1 fully saturated rings. The number of aromatic amines is 1. The van der Waals surface area contributed by atoms with E-state index >= 15 is 0 Å². The van der Waals surface area contributed by atoms with E-state index in [-0.39, 0.29) is 10.8 Å². The number of H-pyrrole nitrogens is 1. The van der Waals surface area contributed by atoms with Crippen molar-refractivity contribution >= 4 is 23.1 Å². The largest absolute Gasteiger partial charge is 0.493 e. The van der Waals surface area contributed by atoms with Crippen LogP contribution >= 0.6 is 11.3 Å². The zero-order chi connectivity index (χ0) is 15.3. The fourth-order valence-corrected chi connectivity index (χ4v) is 2.92. The van der Waals surface area contributed by atoms with Crippen LogP contribution in [0.1, 0.15) is 23.4 Å². The predicted octanol–water partition coefficient (Wildman–Crippen LogP) is 0.104. The zero-order valence-electron chi connectivity index (χ0n) is 11.8. The van der Waals surface area contributed by atoms with Gasteiger partial charge in [0.2, 0.25) is 5.88 Å². The van der Waals surface area contributed by atoms with Gasteiger partial charge in [0, 0.05) is 17.0 Å². The minimum Gasteiger partial charge on any atom is -0.493 e. The number of aromatic nitrogens is 4. The van der Waals surface area contributed by atoms with Crippen LogP contribution in [0.25, 0.3) is 11.7 Å². The van der Waals surface area contributed by atoms with E-state index in [2.05, 4.69) is 20.1 Å². The van der Waals surface area contributed by atoms with E-state index in [1.54, 1.807) is 16.8 Å². The Hall–Kier alpha value is -2.48. The summed E-state index contributed by atoms with van der Waals surface area (Å²) in [6.45, 7) is 1.91. The SMILES string of the molecule is Cc1cc(=NC2CC2)n2ncc(=Cc3sc(=O)[nH]c3O)c2n1. The van der Waals surface area contributed by atoms with E-state index in [0.717, 1.165) is 40.6 Å². The second kappa shape index (κ2) is 4.77. The summed E-state index contributed by atoms with van der Waals surface area (Å²) >= 11 is 0.945. The van der Waals surface area contributed by atoms with Gasteiger partial charge in [-0.25, -0.2) is 4.98 Å². The molecule has 0 radical (unpaired) electrons. The molecule has 7 nitrogen and oxygen atoms in total. The molecule has 0 bridgehead atoms. The van der Waals surface area contributed by atoms with Crippen LogP contribution in [0.5, 0.6) is 5.88 Å². The van der Waals surface area contributed by atoms with Gasteiger partial charge in [-0.3, -0.25) is 14.8 Å². The Balaban J connectivity index is 1.98. The van der Waals surface area contributed by atoms with Gasteiger partial charge in [0.05, 0.1) is 17.1 Å². The van der Waals surface area contributed by atoms with Crippen molar-refractivity contribution < 1.29 is 5.11 Å². The molecule has 22 heavy (non-hydrogen) atoms. The van der Waals surface area contributed by atoms with Gasteiger partial charge in [-0.15, -0.1) is 0 Å². The lowest BCUT2D eigenvalue weighted by atomic mass is 10.3. The molecule has 2 N–H and O–H groups in total. The number of fused-ring (bicyclic) bond motifs is 1. The number of hydrogen-bond acceptors (Lipinski definition) is 6. The zero-order valence-corrected chi connectivity index (χ0v) is 12.6. The van der Waals surface area contributed by atoms with E-state index in [1.165, 1.54) is 0 Å².